The summed E-state index contributed by atoms with van der Waals surface area (Å²) >= 11 is 9.60. The first-order valence-electron chi connectivity index (χ1n) is 6.51. The number of carbonyl (C=O) groups excluding carboxylic acids is 1. The normalized spacial score (nSPS) is 11.2. The number of halogens is 2. The van der Waals surface area contributed by atoms with Crippen molar-refractivity contribution in [3.63, 3.8) is 0 Å². The van der Waals surface area contributed by atoms with Gasteiger partial charge in [-0.1, -0.05) is 41.9 Å². The number of hydrazone groups is 1. The van der Waals surface area contributed by atoms with Gasteiger partial charge in [0.25, 0.3) is 5.91 Å². The third kappa shape index (κ3) is 2.91. The predicted molar refractivity (Wildman–Crippen MR) is 92.5 cm³/mol. The third-order valence-electron chi connectivity index (χ3n) is 3.15. The number of hydrogen-bond acceptors (Lipinski definition) is 2. The summed E-state index contributed by atoms with van der Waals surface area (Å²) < 4.78 is 0.714. The lowest BCUT2D eigenvalue weighted by molar-refractivity contribution is 0.0954. The zero-order valence-electron chi connectivity index (χ0n) is 11.3. The van der Waals surface area contributed by atoms with Crippen molar-refractivity contribution in [2.24, 2.45) is 5.10 Å². The van der Waals surface area contributed by atoms with Crippen LogP contribution in [-0.4, -0.2) is 17.1 Å². The first kappa shape index (κ1) is 14.8. The van der Waals surface area contributed by atoms with Crippen molar-refractivity contribution in [2.45, 2.75) is 0 Å². The Hall–Kier alpha value is -2.11. The van der Waals surface area contributed by atoms with Crippen LogP contribution in [0.2, 0.25) is 5.02 Å². The number of para-hydroxylation sites is 1. The second-order valence-corrected chi connectivity index (χ2v) is 5.81. The van der Waals surface area contributed by atoms with Crippen LogP contribution in [0.15, 0.2) is 58.1 Å². The number of nitrogens with zero attached hydrogens (tertiary/aromatic N) is 1. The monoisotopic (exact) mass is 375 g/mol. The maximum Gasteiger partial charge on any atom is 0.272 e. The van der Waals surface area contributed by atoms with E-state index in [9.17, 15) is 4.79 Å². The fourth-order valence-corrected chi connectivity index (χ4v) is 2.80. The molecule has 0 saturated heterocycles. The average Bonchev–Trinajstić information content (AvgIpc) is 2.84. The molecule has 1 amide bonds. The van der Waals surface area contributed by atoms with Crippen LogP contribution in [0.1, 0.15) is 16.1 Å². The van der Waals surface area contributed by atoms with E-state index in [0.717, 1.165) is 10.9 Å². The molecule has 0 aliphatic rings. The van der Waals surface area contributed by atoms with E-state index < -0.39 is 0 Å². The Morgan fingerprint density at radius 3 is 2.68 bits per heavy atom. The number of hydrogen-bond donors (Lipinski definition) is 2. The van der Waals surface area contributed by atoms with Gasteiger partial charge in [-0.05, 0) is 34.1 Å². The van der Waals surface area contributed by atoms with Crippen molar-refractivity contribution >= 4 is 50.6 Å². The topological polar surface area (TPSA) is 57.2 Å². The van der Waals surface area contributed by atoms with Gasteiger partial charge in [0.15, 0.2) is 0 Å². The number of amides is 1. The number of carbonyl (C=O) groups is 1. The van der Waals surface area contributed by atoms with Crippen LogP contribution in [-0.2, 0) is 0 Å². The minimum atomic E-state index is -0.295. The minimum Gasteiger partial charge on any atom is -0.352 e. The summed E-state index contributed by atoms with van der Waals surface area (Å²) in [6, 6.07) is 14.8. The fourth-order valence-electron chi connectivity index (χ4n) is 2.08. The molecule has 0 aliphatic heterocycles. The number of aromatic nitrogens is 1. The first-order valence-corrected chi connectivity index (χ1v) is 7.68. The number of H-pyrrole nitrogens is 1. The Morgan fingerprint density at radius 1 is 1.18 bits per heavy atom. The van der Waals surface area contributed by atoms with E-state index in [-0.39, 0.29) is 5.91 Å². The first-order chi connectivity index (χ1) is 10.7. The third-order valence-corrected chi connectivity index (χ3v) is 4.25. The maximum absolute atomic E-state index is 12.0. The van der Waals surface area contributed by atoms with E-state index in [1.165, 1.54) is 6.21 Å². The summed E-state index contributed by atoms with van der Waals surface area (Å²) in [5, 5.41) is 5.45. The lowest BCUT2D eigenvalue weighted by atomic mass is 10.2. The Morgan fingerprint density at radius 2 is 1.91 bits per heavy atom. The van der Waals surface area contributed by atoms with Gasteiger partial charge in [-0.15, -0.1) is 0 Å². The van der Waals surface area contributed by atoms with E-state index in [2.05, 4.69) is 31.4 Å². The van der Waals surface area contributed by atoms with Gasteiger partial charge in [0, 0.05) is 15.4 Å². The average molecular weight is 377 g/mol. The molecule has 3 aromatic rings. The van der Waals surface area contributed by atoms with Crippen LogP contribution in [0.4, 0.5) is 0 Å². The van der Waals surface area contributed by atoms with Crippen LogP contribution in [0.3, 0.4) is 0 Å². The highest BCUT2D eigenvalue weighted by Crippen LogP contribution is 2.25. The molecule has 2 aromatic carbocycles. The second-order valence-electron chi connectivity index (χ2n) is 4.58. The van der Waals surface area contributed by atoms with Crippen molar-refractivity contribution in [3.05, 3.63) is 69.3 Å². The van der Waals surface area contributed by atoms with Crippen LogP contribution in [0.5, 0.6) is 0 Å². The zero-order chi connectivity index (χ0) is 15.5. The maximum atomic E-state index is 12.0. The van der Waals surface area contributed by atoms with Gasteiger partial charge in [0.2, 0.25) is 0 Å². The van der Waals surface area contributed by atoms with E-state index >= 15 is 0 Å². The van der Waals surface area contributed by atoms with Gasteiger partial charge < -0.3 is 4.98 Å². The molecule has 2 N–H and O–H groups in total. The van der Waals surface area contributed by atoms with Gasteiger partial charge in [-0.25, -0.2) is 5.43 Å². The molecule has 22 heavy (non-hydrogen) atoms. The van der Waals surface area contributed by atoms with Crippen LogP contribution < -0.4 is 5.43 Å². The zero-order valence-corrected chi connectivity index (χ0v) is 13.6. The largest absolute Gasteiger partial charge is 0.352 e. The number of fused-ring (bicyclic) bond motifs is 1. The molecular weight excluding hydrogens is 366 g/mol. The van der Waals surface area contributed by atoms with Gasteiger partial charge in [0.1, 0.15) is 0 Å². The number of nitrogens with one attached hydrogen (secondary N) is 2. The highest BCUT2D eigenvalue weighted by atomic mass is 79.9. The van der Waals surface area contributed by atoms with E-state index in [4.69, 9.17) is 11.6 Å². The Labute approximate surface area is 140 Å². The number of rotatable bonds is 3. The van der Waals surface area contributed by atoms with Gasteiger partial charge >= 0.3 is 0 Å². The number of aromatic amines is 1. The quantitative estimate of drug-likeness (QED) is 0.518. The summed E-state index contributed by atoms with van der Waals surface area (Å²) in [5.41, 5.74) is 4.57. The summed E-state index contributed by atoms with van der Waals surface area (Å²) in [6.07, 6.45) is 1.50. The van der Waals surface area contributed by atoms with Gasteiger partial charge in [0.05, 0.1) is 22.5 Å². The summed E-state index contributed by atoms with van der Waals surface area (Å²) in [5.74, 6) is -0.295. The Bertz CT molecular complexity index is 873. The molecule has 1 aromatic heterocycles. The van der Waals surface area contributed by atoms with Crippen molar-refractivity contribution in [1.29, 1.82) is 0 Å². The summed E-state index contributed by atoms with van der Waals surface area (Å²) in [7, 11) is 0. The van der Waals surface area contributed by atoms with E-state index in [1.54, 1.807) is 18.2 Å². The molecule has 0 atom stereocenters. The summed E-state index contributed by atoms with van der Waals surface area (Å²) in [6.45, 7) is 0. The summed E-state index contributed by atoms with van der Waals surface area (Å²) in [4.78, 5) is 15.2. The molecular formula is C16H11BrClN3O. The SMILES string of the molecule is O=C(NN=Cc1[nH]c2ccccc2c1Cl)c1ccccc1Br. The molecule has 0 spiro atoms. The van der Waals surface area contributed by atoms with Crippen LogP contribution in [0.25, 0.3) is 10.9 Å². The van der Waals surface area contributed by atoms with Crippen LogP contribution in [0, 0.1) is 0 Å². The molecule has 0 saturated carbocycles. The van der Waals surface area contributed by atoms with Crippen LogP contribution >= 0.6 is 27.5 Å². The molecule has 3 rings (SSSR count). The van der Waals surface area contributed by atoms with E-state index in [1.807, 2.05) is 30.3 Å². The van der Waals surface area contributed by atoms with Crippen molar-refractivity contribution in [1.82, 2.24) is 10.4 Å². The fraction of sp³-hybridized carbons (Fsp3) is 0. The van der Waals surface area contributed by atoms with Gasteiger partial charge in [-0.2, -0.15) is 5.10 Å². The number of benzene rings is 2. The molecule has 1 heterocycles. The Kier molecular flexibility index (Phi) is 4.27. The molecule has 6 heteroatoms. The second kappa shape index (κ2) is 6.34. The highest BCUT2D eigenvalue weighted by molar-refractivity contribution is 9.10. The lowest BCUT2D eigenvalue weighted by Crippen LogP contribution is -2.18. The minimum absolute atomic E-state index is 0.295. The van der Waals surface area contributed by atoms with Crippen molar-refractivity contribution < 1.29 is 4.79 Å². The highest BCUT2D eigenvalue weighted by Gasteiger charge is 2.09. The van der Waals surface area contributed by atoms with Crippen molar-refractivity contribution in [3.8, 4) is 0 Å². The predicted octanol–water partition coefficient (Wildman–Crippen LogP) is 4.35. The van der Waals surface area contributed by atoms with E-state index in [0.29, 0.717) is 20.8 Å². The lowest BCUT2D eigenvalue weighted by Gasteiger charge is -2.01. The standard InChI is InChI=1S/C16H11BrClN3O/c17-12-7-3-1-5-10(12)16(22)21-19-9-14-15(18)11-6-2-4-8-13(11)20-14/h1-9,20H,(H,21,22). The smallest absolute Gasteiger partial charge is 0.272 e. The van der Waals surface area contributed by atoms with Gasteiger partial charge in [-0.3, -0.25) is 4.79 Å². The molecule has 0 aliphatic carbocycles. The molecule has 0 radical (unpaired) electrons. The molecule has 0 bridgehead atoms. The molecule has 110 valence electrons. The molecule has 4 nitrogen and oxygen atoms in total. The van der Waals surface area contributed by atoms with Crippen molar-refractivity contribution in [2.75, 3.05) is 0 Å². The Balaban J connectivity index is 1.78. The molecule has 0 unspecified atom stereocenters. The molecule has 0 fully saturated rings.